The largest absolute Gasteiger partial charge is 0.334 e. The van der Waals surface area contributed by atoms with Crippen LogP contribution in [0.5, 0.6) is 0 Å². The maximum absolute atomic E-state index is 3.85. The lowest BCUT2D eigenvalue weighted by atomic mass is 9.85. The van der Waals surface area contributed by atoms with Crippen LogP contribution in [0, 0.1) is 0 Å². The number of hydrogen-bond acceptors (Lipinski definition) is 1. The molecule has 0 aromatic heterocycles. The van der Waals surface area contributed by atoms with Crippen LogP contribution in [0.4, 0.5) is 11.4 Å². The minimum Gasteiger partial charge on any atom is -0.334 e. The van der Waals surface area contributed by atoms with E-state index in [-0.39, 0.29) is 0 Å². The van der Waals surface area contributed by atoms with Gasteiger partial charge in [-0.25, -0.2) is 0 Å². The summed E-state index contributed by atoms with van der Waals surface area (Å²) in [5.41, 5.74) is 7.73. The third-order valence-electron chi connectivity index (χ3n) is 5.91. The highest BCUT2D eigenvalue weighted by molar-refractivity contribution is 9.09. The summed E-state index contributed by atoms with van der Waals surface area (Å²) in [6, 6.07) is 26.7. The van der Waals surface area contributed by atoms with Gasteiger partial charge in [-0.15, -0.1) is 0 Å². The van der Waals surface area contributed by atoms with Crippen LogP contribution in [-0.4, -0.2) is 10.9 Å². The molecule has 138 valence electrons. The lowest BCUT2D eigenvalue weighted by Gasteiger charge is -2.31. The van der Waals surface area contributed by atoms with Crippen molar-refractivity contribution >= 4 is 33.4 Å². The highest BCUT2D eigenvalue weighted by Crippen LogP contribution is 2.50. The van der Waals surface area contributed by atoms with Gasteiger partial charge in [0.25, 0.3) is 0 Å². The second-order valence-electron chi connectivity index (χ2n) is 7.54. The number of rotatable bonds is 3. The number of nitrogens with zero attached hydrogens (tertiary/aromatic N) is 1. The topological polar surface area (TPSA) is 3.24 Å². The molecule has 0 radical (unpaired) electrons. The van der Waals surface area contributed by atoms with E-state index in [1.165, 1.54) is 28.1 Å². The van der Waals surface area contributed by atoms with Crippen LogP contribution in [0.25, 0.3) is 17.2 Å². The number of fused-ring (bicyclic) bond motifs is 3. The van der Waals surface area contributed by atoms with Crippen molar-refractivity contribution in [3.05, 3.63) is 103 Å². The number of para-hydroxylation sites is 1. The SMILES string of the molecule is C=Cc1ccc(-c2ccc3c(c2)C2CC(Br)C=CC2N3c2ccccc2)cc1. The zero-order valence-corrected chi connectivity index (χ0v) is 17.2. The predicted octanol–water partition coefficient (Wildman–Crippen LogP) is 7.32. The Kier molecular flexibility index (Phi) is 4.44. The van der Waals surface area contributed by atoms with E-state index in [2.05, 4.69) is 112 Å². The van der Waals surface area contributed by atoms with Gasteiger partial charge in [-0.1, -0.05) is 89.3 Å². The molecule has 3 atom stereocenters. The van der Waals surface area contributed by atoms with Crippen molar-refractivity contribution in [3.8, 4) is 11.1 Å². The molecule has 1 aliphatic carbocycles. The molecule has 0 N–H and O–H groups in total. The van der Waals surface area contributed by atoms with Crippen LogP contribution in [0.2, 0.25) is 0 Å². The van der Waals surface area contributed by atoms with E-state index in [0.717, 1.165) is 12.0 Å². The van der Waals surface area contributed by atoms with Crippen LogP contribution in [0.3, 0.4) is 0 Å². The Bertz CT molecular complexity index is 1040. The molecule has 3 unspecified atom stereocenters. The molecule has 0 saturated carbocycles. The van der Waals surface area contributed by atoms with E-state index in [1.807, 2.05) is 6.08 Å². The summed E-state index contributed by atoms with van der Waals surface area (Å²) in [5.74, 6) is 0.497. The van der Waals surface area contributed by atoms with Gasteiger partial charge >= 0.3 is 0 Å². The molecule has 5 rings (SSSR count). The molecule has 2 heteroatoms. The predicted molar refractivity (Wildman–Crippen MR) is 124 cm³/mol. The van der Waals surface area contributed by atoms with Crippen molar-refractivity contribution < 1.29 is 0 Å². The van der Waals surface area contributed by atoms with Crippen LogP contribution in [0.15, 0.2) is 91.5 Å². The Morgan fingerprint density at radius 2 is 1.64 bits per heavy atom. The molecule has 1 heterocycles. The Balaban J connectivity index is 1.62. The average molecular weight is 428 g/mol. The monoisotopic (exact) mass is 427 g/mol. The Labute approximate surface area is 175 Å². The number of allylic oxidation sites excluding steroid dienone is 1. The van der Waals surface area contributed by atoms with Gasteiger partial charge in [0.1, 0.15) is 0 Å². The third-order valence-corrected chi connectivity index (χ3v) is 6.59. The summed E-state index contributed by atoms with van der Waals surface area (Å²) >= 11 is 3.82. The van der Waals surface area contributed by atoms with Gasteiger partial charge < -0.3 is 4.90 Å². The van der Waals surface area contributed by atoms with E-state index in [9.17, 15) is 0 Å². The number of anilines is 2. The lowest BCUT2D eigenvalue weighted by molar-refractivity contribution is 0.582. The van der Waals surface area contributed by atoms with Gasteiger partial charge in [0.15, 0.2) is 0 Å². The molecule has 0 fully saturated rings. The summed E-state index contributed by atoms with van der Waals surface area (Å²) in [6.45, 7) is 3.85. The standard InChI is InChI=1S/C26H22BrN/c1-2-18-8-10-19(11-9-18)20-12-14-25-23(16-20)24-17-21(27)13-15-26(24)28(25)22-6-4-3-5-7-22/h2-16,21,24,26H,1,17H2. The number of benzene rings is 3. The number of hydrogen-bond donors (Lipinski definition) is 0. The highest BCUT2D eigenvalue weighted by atomic mass is 79.9. The molecule has 0 bridgehead atoms. The average Bonchev–Trinajstić information content (AvgIpc) is 3.07. The van der Waals surface area contributed by atoms with Gasteiger partial charge in [-0.3, -0.25) is 0 Å². The van der Waals surface area contributed by atoms with Crippen LogP contribution >= 0.6 is 15.9 Å². The van der Waals surface area contributed by atoms with Crippen LogP contribution in [-0.2, 0) is 0 Å². The fraction of sp³-hybridized carbons (Fsp3) is 0.154. The smallest absolute Gasteiger partial charge is 0.0592 e. The molecule has 28 heavy (non-hydrogen) atoms. The lowest BCUT2D eigenvalue weighted by Crippen LogP contribution is -2.31. The summed E-state index contributed by atoms with van der Waals surface area (Å²) in [4.78, 5) is 2.94. The van der Waals surface area contributed by atoms with Crippen molar-refractivity contribution in [2.75, 3.05) is 4.90 Å². The first-order valence-electron chi connectivity index (χ1n) is 9.78. The Morgan fingerprint density at radius 1 is 0.893 bits per heavy atom. The van der Waals surface area contributed by atoms with Crippen LogP contribution < -0.4 is 4.90 Å². The van der Waals surface area contributed by atoms with Crippen molar-refractivity contribution in [1.29, 1.82) is 0 Å². The molecule has 0 spiro atoms. The van der Waals surface area contributed by atoms with E-state index < -0.39 is 0 Å². The van der Waals surface area contributed by atoms with Gasteiger partial charge in [0.2, 0.25) is 0 Å². The molecule has 0 saturated heterocycles. The zero-order valence-electron chi connectivity index (χ0n) is 15.6. The molecule has 0 amide bonds. The fourth-order valence-corrected chi connectivity index (χ4v) is 5.11. The van der Waals surface area contributed by atoms with Gasteiger partial charge in [-0.2, -0.15) is 0 Å². The molecule has 2 aliphatic rings. The summed E-state index contributed by atoms with van der Waals surface area (Å²) in [7, 11) is 0. The van der Waals surface area contributed by atoms with Gasteiger partial charge in [0.05, 0.1) is 6.04 Å². The maximum atomic E-state index is 3.85. The maximum Gasteiger partial charge on any atom is 0.0592 e. The Morgan fingerprint density at radius 3 is 2.39 bits per heavy atom. The van der Waals surface area contributed by atoms with Crippen molar-refractivity contribution in [1.82, 2.24) is 0 Å². The van der Waals surface area contributed by atoms with E-state index in [0.29, 0.717) is 16.8 Å². The first-order valence-corrected chi connectivity index (χ1v) is 10.7. The second-order valence-corrected chi connectivity index (χ2v) is 8.72. The number of halogens is 1. The van der Waals surface area contributed by atoms with Crippen molar-refractivity contribution in [2.24, 2.45) is 0 Å². The summed E-state index contributed by atoms with van der Waals surface area (Å²) < 4.78 is 0. The minimum absolute atomic E-state index is 0.379. The fourth-order valence-electron chi connectivity index (χ4n) is 4.53. The highest BCUT2D eigenvalue weighted by Gasteiger charge is 2.40. The molecule has 3 aromatic rings. The quantitative estimate of drug-likeness (QED) is 0.312. The first kappa shape index (κ1) is 17.5. The van der Waals surface area contributed by atoms with Crippen molar-refractivity contribution in [2.45, 2.75) is 23.2 Å². The molecular weight excluding hydrogens is 406 g/mol. The van der Waals surface area contributed by atoms with Gasteiger partial charge in [0, 0.05) is 22.1 Å². The Hall–Kier alpha value is -2.58. The second kappa shape index (κ2) is 7.10. The van der Waals surface area contributed by atoms with E-state index in [1.54, 1.807) is 0 Å². The first-order chi connectivity index (χ1) is 13.7. The zero-order chi connectivity index (χ0) is 19.1. The number of alkyl halides is 1. The molecule has 1 nitrogen and oxygen atoms in total. The van der Waals surface area contributed by atoms with Crippen LogP contribution in [0.1, 0.15) is 23.5 Å². The van der Waals surface area contributed by atoms with Crippen molar-refractivity contribution in [3.63, 3.8) is 0 Å². The summed E-state index contributed by atoms with van der Waals surface area (Å²) in [5, 5.41) is 0. The minimum atomic E-state index is 0.379. The van der Waals surface area contributed by atoms with E-state index in [4.69, 9.17) is 0 Å². The normalized spacial score (nSPS) is 22.6. The molecular formula is C26H22BrN. The molecule has 1 aliphatic heterocycles. The molecule has 3 aromatic carbocycles. The van der Waals surface area contributed by atoms with Gasteiger partial charge in [-0.05, 0) is 52.9 Å². The third kappa shape index (κ3) is 2.93. The summed E-state index contributed by atoms with van der Waals surface area (Å²) in [6.07, 6.45) is 7.69. The van der Waals surface area contributed by atoms with E-state index >= 15 is 0 Å².